The monoisotopic (exact) mass is 425 g/mol. The van der Waals surface area contributed by atoms with Crippen LogP contribution in [0.25, 0.3) is 0 Å². The number of amides is 2. The van der Waals surface area contributed by atoms with Crippen molar-refractivity contribution in [3.63, 3.8) is 0 Å². The van der Waals surface area contributed by atoms with E-state index in [9.17, 15) is 9.59 Å². The second kappa shape index (κ2) is 9.56. The Morgan fingerprint density at radius 2 is 1.83 bits per heavy atom. The number of hydrogen-bond donors (Lipinski definition) is 1. The Kier molecular flexibility index (Phi) is 7.08. The number of benzene rings is 2. The zero-order valence-electron chi connectivity index (χ0n) is 18.2. The van der Waals surface area contributed by atoms with Gasteiger partial charge >= 0.3 is 0 Å². The van der Waals surface area contributed by atoms with Crippen LogP contribution in [-0.4, -0.2) is 42.2 Å². The van der Waals surface area contributed by atoms with Gasteiger partial charge < -0.3 is 10.2 Å². The van der Waals surface area contributed by atoms with Gasteiger partial charge in [-0.15, -0.1) is 11.8 Å². The minimum atomic E-state index is -0.569. The lowest BCUT2D eigenvalue weighted by Gasteiger charge is -2.29. The van der Waals surface area contributed by atoms with Gasteiger partial charge in [0.2, 0.25) is 11.8 Å². The van der Waals surface area contributed by atoms with Gasteiger partial charge in [0, 0.05) is 41.4 Å². The molecule has 1 atom stereocenters. The number of rotatable bonds is 7. The van der Waals surface area contributed by atoms with Gasteiger partial charge in [-0.1, -0.05) is 30.3 Å². The van der Waals surface area contributed by atoms with Crippen LogP contribution in [0.2, 0.25) is 0 Å². The van der Waals surface area contributed by atoms with E-state index in [4.69, 9.17) is 0 Å². The summed E-state index contributed by atoms with van der Waals surface area (Å²) in [7, 11) is 0. The highest BCUT2D eigenvalue weighted by atomic mass is 32.2. The summed E-state index contributed by atoms with van der Waals surface area (Å²) in [4.78, 5) is 30.9. The van der Waals surface area contributed by atoms with Crippen molar-refractivity contribution in [1.82, 2.24) is 5.32 Å². The van der Waals surface area contributed by atoms with E-state index in [1.165, 1.54) is 0 Å². The van der Waals surface area contributed by atoms with E-state index in [-0.39, 0.29) is 16.6 Å². The first-order valence-electron chi connectivity index (χ1n) is 10.5. The fourth-order valence-electron chi connectivity index (χ4n) is 3.77. The highest BCUT2D eigenvalue weighted by Crippen LogP contribution is 2.44. The van der Waals surface area contributed by atoms with Crippen LogP contribution >= 0.6 is 11.8 Å². The third-order valence-corrected chi connectivity index (χ3v) is 6.57. The largest absolute Gasteiger partial charge is 0.370 e. The summed E-state index contributed by atoms with van der Waals surface area (Å²) in [6.45, 7) is 10.2. The van der Waals surface area contributed by atoms with Crippen LogP contribution in [0.1, 0.15) is 34.1 Å². The molecule has 0 saturated heterocycles. The number of carbonyl (C=O) groups is 2. The van der Waals surface area contributed by atoms with Crippen LogP contribution in [0, 0.1) is 0 Å². The normalized spacial score (nSPS) is 16.4. The third kappa shape index (κ3) is 5.17. The van der Waals surface area contributed by atoms with Crippen molar-refractivity contribution >= 4 is 35.0 Å². The Bertz CT molecular complexity index is 885. The van der Waals surface area contributed by atoms with Crippen molar-refractivity contribution in [1.29, 1.82) is 0 Å². The standard InChI is InChI=1S/C24H31N3O2S/c1-5-26(19-11-7-6-8-12-19)16-15-25-23(29)18(2)27-20-13-9-10-14-21(20)30-24(3,4)17-22(27)28/h6-14,18H,5,15-17H2,1-4H3,(H,25,29)/t18-/m0/s1. The molecule has 2 aromatic rings. The summed E-state index contributed by atoms with van der Waals surface area (Å²) in [5.41, 5.74) is 1.96. The quantitative estimate of drug-likeness (QED) is 0.718. The van der Waals surface area contributed by atoms with Gasteiger partial charge in [-0.25, -0.2) is 0 Å². The number of anilines is 2. The Hall–Kier alpha value is -2.47. The summed E-state index contributed by atoms with van der Waals surface area (Å²) in [5.74, 6) is -0.147. The number of para-hydroxylation sites is 2. The maximum absolute atomic E-state index is 13.1. The average molecular weight is 426 g/mol. The molecule has 3 rings (SSSR count). The van der Waals surface area contributed by atoms with Crippen molar-refractivity contribution < 1.29 is 9.59 Å². The van der Waals surface area contributed by atoms with Gasteiger partial charge in [-0.2, -0.15) is 0 Å². The molecule has 0 bridgehead atoms. The smallest absolute Gasteiger partial charge is 0.242 e. The van der Waals surface area contributed by atoms with Gasteiger partial charge in [0.05, 0.1) is 5.69 Å². The highest BCUT2D eigenvalue weighted by molar-refractivity contribution is 8.00. The topological polar surface area (TPSA) is 52.7 Å². The van der Waals surface area contributed by atoms with Crippen molar-refractivity contribution in [2.24, 2.45) is 0 Å². The number of fused-ring (bicyclic) bond motifs is 1. The molecule has 5 nitrogen and oxygen atoms in total. The SMILES string of the molecule is CCN(CCNC(=O)[C@H](C)N1C(=O)CC(C)(C)Sc2ccccc21)c1ccccc1. The molecule has 0 aliphatic carbocycles. The molecule has 0 unspecified atom stereocenters. The number of hydrogen-bond acceptors (Lipinski definition) is 4. The van der Waals surface area contributed by atoms with E-state index in [1.54, 1.807) is 16.7 Å². The zero-order valence-corrected chi connectivity index (χ0v) is 19.0. The van der Waals surface area contributed by atoms with Crippen molar-refractivity contribution in [3.8, 4) is 0 Å². The summed E-state index contributed by atoms with van der Waals surface area (Å²) >= 11 is 1.69. The van der Waals surface area contributed by atoms with Gasteiger partial charge in [-0.05, 0) is 52.0 Å². The number of thioether (sulfide) groups is 1. The Labute approximate surface area is 183 Å². The zero-order chi connectivity index (χ0) is 21.7. The fraction of sp³-hybridized carbons (Fsp3) is 0.417. The van der Waals surface area contributed by atoms with Gasteiger partial charge in [0.15, 0.2) is 0 Å². The molecule has 2 amide bonds. The number of nitrogens with one attached hydrogen (secondary N) is 1. The Balaban J connectivity index is 1.68. The Morgan fingerprint density at radius 3 is 2.53 bits per heavy atom. The van der Waals surface area contributed by atoms with Crippen LogP contribution in [0.5, 0.6) is 0 Å². The summed E-state index contributed by atoms with van der Waals surface area (Å²) in [6, 6.07) is 17.4. The van der Waals surface area contributed by atoms with E-state index in [0.717, 1.165) is 22.8 Å². The molecule has 160 valence electrons. The lowest BCUT2D eigenvalue weighted by atomic mass is 10.1. The number of carbonyl (C=O) groups excluding carboxylic acids is 2. The molecule has 1 aliphatic rings. The number of likely N-dealkylation sites (N-methyl/N-ethyl adjacent to an activating group) is 1. The van der Waals surface area contributed by atoms with Crippen LogP contribution in [-0.2, 0) is 9.59 Å². The van der Waals surface area contributed by atoms with E-state index < -0.39 is 6.04 Å². The third-order valence-electron chi connectivity index (χ3n) is 5.31. The summed E-state index contributed by atoms with van der Waals surface area (Å²) < 4.78 is -0.213. The second-order valence-electron chi connectivity index (χ2n) is 8.15. The van der Waals surface area contributed by atoms with Gasteiger partial charge in [0.1, 0.15) is 6.04 Å². The first kappa shape index (κ1) is 22.2. The first-order valence-corrected chi connectivity index (χ1v) is 11.3. The first-order chi connectivity index (χ1) is 14.3. The van der Waals surface area contributed by atoms with Crippen LogP contribution in [0.3, 0.4) is 0 Å². The predicted octanol–water partition coefficient (Wildman–Crippen LogP) is 4.33. The molecule has 0 radical (unpaired) electrons. The Morgan fingerprint density at radius 1 is 1.17 bits per heavy atom. The minimum Gasteiger partial charge on any atom is -0.370 e. The molecular formula is C24H31N3O2S. The summed E-state index contributed by atoms with van der Waals surface area (Å²) in [5, 5.41) is 3.03. The number of nitrogens with zero attached hydrogens (tertiary/aromatic N) is 2. The van der Waals surface area contributed by atoms with Crippen molar-refractivity contribution in [2.75, 3.05) is 29.4 Å². The molecular weight excluding hydrogens is 394 g/mol. The molecule has 6 heteroatoms. The fourth-order valence-corrected chi connectivity index (χ4v) is 4.98. The minimum absolute atomic E-state index is 0.0143. The second-order valence-corrected chi connectivity index (χ2v) is 9.90. The van der Waals surface area contributed by atoms with Crippen LogP contribution in [0.15, 0.2) is 59.5 Å². The molecule has 0 fully saturated rings. The van der Waals surface area contributed by atoms with E-state index >= 15 is 0 Å². The van der Waals surface area contributed by atoms with Crippen molar-refractivity contribution in [3.05, 3.63) is 54.6 Å². The van der Waals surface area contributed by atoms with E-state index in [1.807, 2.05) is 49.4 Å². The molecule has 1 N–H and O–H groups in total. The van der Waals surface area contributed by atoms with Crippen LogP contribution < -0.4 is 15.1 Å². The molecule has 0 aromatic heterocycles. The lowest BCUT2D eigenvalue weighted by Crippen LogP contribution is -2.50. The lowest BCUT2D eigenvalue weighted by molar-refractivity contribution is -0.126. The van der Waals surface area contributed by atoms with Crippen LogP contribution in [0.4, 0.5) is 11.4 Å². The maximum Gasteiger partial charge on any atom is 0.242 e. The molecule has 1 heterocycles. The molecule has 30 heavy (non-hydrogen) atoms. The average Bonchev–Trinajstić information content (AvgIpc) is 2.82. The maximum atomic E-state index is 13.1. The van der Waals surface area contributed by atoms with Crippen molar-refractivity contribution in [2.45, 2.75) is 49.8 Å². The van der Waals surface area contributed by atoms with E-state index in [2.05, 4.69) is 43.1 Å². The van der Waals surface area contributed by atoms with Gasteiger partial charge in [0.25, 0.3) is 0 Å². The summed E-state index contributed by atoms with van der Waals surface area (Å²) in [6.07, 6.45) is 0.390. The predicted molar refractivity (Wildman–Crippen MR) is 125 cm³/mol. The van der Waals surface area contributed by atoms with E-state index in [0.29, 0.717) is 19.5 Å². The molecule has 0 spiro atoms. The highest BCUT2D eigenvalue weighted by Gasteiger charge is 2.37. The van der Waals surface area contributed by atoms with Gasteiger partial charge in [-0.3, -0.25) is 14.5 Å². The molecule has 0 saturated carbocycles. The molecule has 1 aliphatic heterocycles. The molecule has 2 aromatic carbocycles.